The van der Waals surface area contributed by atoms with E-state index in [2.05, 4.69) is 5.32 Å². The van der Waals surface area contributed by atoms with Crippen molar-refractivity contribution in [3.05, 3.63) is 35.4 Å². The summed E-state index contributed by atoms with van der Waals surface area (Å²) < 4.78 is 25.8. The minimum absolute atomic E-state index is 0.0695. The predicted octanol–water partition coefficient (Wildman–Crippen LogP) is 1.85. The second-order valence-corrected chi connectivity index (χ2v) is 4.12. The van der Waals surface area contributed by atoms with Crippen molar-refractivity contribution in [3.63, 3.8) is 0 Å². The molecule has 1 aromatic rings. The minimum Gasteiger partial charge on any atom is -0.393 e. The van der Waals surface area contributed by atoms with Crippen molar-refractivity contribution < 1.29 is 18.7 Å². The lowest BCUT2D eigenvalue weighted by molar-refractivity contribution is 0.0922. The van der Waals surface area contributed by atoms with Gasteiger partial charge in [0.1, 0.15) is 11.6 Å². The van der Waals surface area contributed by atoms with Crippen LogP contribution in [0.25, 0.3) is 0 Å². The fourth-order valence-electron chi connectivity index (χ4n) is 1.56. The number of hydrogen-bond acceptors (Lipinski definition) is 2. The Morgan fingerprint density at radius 3 is 2.29 bits per heavy atom. The molecule has 0 saturated carbocycles. The van der Waals surface area contributed by atoms with E-state index in [0.29, 0.717) is 12.5 Å². The van der Waals surface area contributed by atoms with Gasteiger partial charge < -0.3 is 10.4 Å². The average molecular weight is 243 g/mol. The summed E-state index contributed by atoms with van der Waals surface area (Å²) in [7, 11) is 0. The maximum atomic E-state index is 12.9. The molecule has 0 aliphatic carbocycles. The smallest absolute Gasteiger partial charge is 0.251 e. The summed E-state index contributed by atoms with van der Waals surface area (Å²) >= 11 is 0. The number of rotatable bonds is 4. The molecule has 2 N–H and O–H groups in total. The Kier molecular flexibility index (Phi) is 4.57. The zero-order chi connectivity index (χ0) is 13.0. The van der Waals surface area contributed by atoms with E-state index in [1.165, 1.54) is 0 Å². The van der Waals surface area contributed by atoms with Crippen LogP contribution in [0.4, 0.5) is 8.78 Å². The van der Waals surface area contributed by atoms with Gasteiger partial charge in [-0.05, 0) is 32.4 Å². The molecule has 3 nitrogen and oxygen atoms in total. The van der Waals surface area contributed by atoms with E-state index in [4.69, 9.17) is 5.11 Å². The van der Waals surface area contributed by atoms with Gasteiger partial charge in [-0.15, -0.1) is 0 Å². The molecule has 0 heterocycles. The molecule has 1 rings (SSSR count). The van der Waals surface area contributed by atoms with E-state index in [-0.39, 0.29) is 11.6 Å². The molecule has 0 fully saturated rings. The average Bonchev–Trinajstić information content (AvgIpc) is 2.14. The number of carbonyl (C=O) groups excluding carboxylic acids is 1. The Bertz CT molecular complexity index is 387. The van der Waals surface area contributed by atoms with Crippen molar-refractivity contribution in [2.75, 3.05) is 0 Å². The molecule has 0 saturated heterocycles. The van der Waals surface area contributed by atoms with Crippen molar-refractivity contribution in [2.45, 2.75) is 32.4 Å². The van der Waals surface area contributed by atoms with Gasteiger partial charge in [0.2, 0.25) is 0 Å². The first kappa shape index (κ1) is 13.6. The first-order valence-corrected chi connectivity index (χ1v) is 5.33. The maximum Gasteiger partial charge on any atom is 0.251 e. The first-order chi connectivity index (χ1) is 7.88. The van der Waals surface area contributed by atoms with Crippen LogP contribution in [0.3, 0.4) is 0 Å². The lowest BCUT2D eigenvalue weighted by Gasteiger charge is -2.15. The third-order valence-corrected chi connectivity index (χ3v) is 2.20. The Labute approximate surface area is 98.5 Å². The van der Waals surface area contributed by atoms with Gasteiger partial charge in [0.25, 0.3) is 5.91 Å². The van der Waals surface area contributed by atoms with E-state index in [9.17, 15) is 13.6 Å². The number of carbonyl (C=O) groups is 1. The lowest BCUT2D eigenvalue weighted by Crippen LogP contribution is -2.34. The fraction of sp³-hybridized carbons (Fsp3) is 0.417. The fourth-order valence-corrected chi connectivity index (χ4v) is 1.56. The summed E-state index contributed by atoms with van der Waals surface area (Å²) in [6.07, 6.45) is -0.168. The highest BCUT2D eigenvalue weighted by Crippen LogP contribution is 2.08. The van der Waals surface area contributed by atoms with Crippen molar-refractivity contribution in [3.8, 4) is 0 Å². The van der Waals surface area contributed by atoms with E-state index in [0.717, 1.165) is 12.1 Å². The van der Waals surface area contributed by atoms with Gasteiger partial charge in [-0.3, -0.25) is 4.79 Å². The monoisotopic (exact) mass is 243 g/mol. The van der Waals surface area contributed by atoms with Gasteiger partial charge in [-0.25, -0.2) is 8.78 Å². The largest absolute Gasteiger partial charge is 0.393 e. The zero-order valence-electron chi connectivity index (χ0n) is 9.71. The van der Waals surface area contributed by atoms with Crippen LogP contribution >= 0.6 is 0 Å². The summed E-state index contributed by atoms with van der Waals surface area (Å²) in [5.74, 6) is -2.15. The molecule has 0 radical (unpaired) electrons. The summed E-state index contributed by atoms with van der Waals surface area (Å²) in [4.78, 5) is 11.6. The highest BCUT2D eigenvalue weighted by Gasteiger charge is 2.13. The van der Waals surface area contributed by atoms with E-state index < -0.39 is 23.6 Å². The molecule has 0 aliphatic rings. The number of amides is 1. The summed E-state index contributed by atoms with van der Waals surface area (Å²) in [6.45, 7) is 3.31. The number of hydrogen-bond donors (Lipinski definition) is 2. The van der Waals surface area contributed by atoms with Crippen molar-refractivity contribution in [1.82, 2.24) is 5.32 Å². The van der Waals surface area contributed by atoms with Gasteiger partial charge in [0, 0.05) is 17.7 Å². The van der Waals surface area contributed by atoms with Crippen LogP contribution in [0.5, 0.6) is 0 Å². The SMILES string of the molecule is C[C@@H](O)C[C@H](C)NC(=O)c1cc(F)cc(F)c1. The Hall–Kier alpha value is -1.49. The molecule has 0 unspecified atom stereocenters. The summed E-state index contributed by atoms with van der Waals surface area (Å²) in [5.41, 5.74) is -0.0695. The Morgan fingerprint density at radius 2 is 1.82 bits per heavy atom. The third-order valence-electron chi connectivity index (χ3n) is 2.20. The predicted molar refractivity (Wildman–Crippen MR) is 59.6 cm³/mol. The van der Waals surface area contributed by atoms with Crippen molar-refractivity contribution >= 4 is 5.91 Å². The molecular formula is C12H15F2NO2. The van der Waals surface area contributed by atoms with Crippen LogP contribution in [0, 0.1) is 11.6 Å². The number of halogens is 2. The number of aliphatic hydroxyl groups excluding tert-OH is 1. The van der Waals surface area contributed by atoms with E-state index in [1.54, 1.807) is 13.8 Å². The second kappa shape index (κ2) is 5.72. The molecule has 2 atom stereocenters. The van der Waals surface area contributed by atoms with E-state index >= 15 is 0 Å². The van der Waals surface area contributed by atoms with Gasteiger partial charge in [0.15, 0.2) is 0 Å². The van der Waals surface area contributed by atoms with Crippen LogP contribution in [0.15, 0.2) is 18.2 Å². The van der Waals surface area contributed by atoms with Crippen molar-refractivity contribution in [1.29, 1.82) is 0 Å². The maximum absolute atomic E-state index is 12.9. The van der Waals surface area contributed by atoms with Crippen LogP contribution < -0.4 is 5.32 Å². The molecule has 0 aromatic heterocycles. The number of aliphatic hydroxyl groups is 1. The highest BCUT2D eigenvalue weighted by atomic mass is 19.1. The van der Waals surface area contributed by atoms with Crippen LogP contribution in [0.1, 0.15) is 30.6 Å². The molecule has 1 amide bonds. The second-order valence-electron chi connectivity index (χ2n) is 4.12. The number of nitrogens with one attached hydrogen (secondary N) is 1. The molecule has 94 valence electrons. The van der Waals surface area contributed by atoms with Gasteiger partial charge in [-0.2, -0.15) is 0 Å². The van der Waals surface area contributed by atoms with Gasteiger partial charge in [0.05, 0.1) is 6.10 Å². The topological polar surface area (TPSA) is 49.3 Å². The first-order valence-electron chi connectivity index (χ1n) is 5.33. The standard InChI is InChI=1S/C12H15F2NO2/c1-7(3-8(2)16)15-12(17)9-4-10(13)6-11(14)5-9/h4-8,16H,3H2,1-2H3,(H,15,17)/t7-,8+/m0/s1. The third kappa shape index (κ3) is 4.48. The Morgan fingerprint density at radius 1 is 1.29 bits per heavy atom. The van der Waals surface area contributed by atoms with Gasteiger partial charge in [-0.1, -0.05) is 0 Å². The molecule has 5 heteroatoms. The van der Waals surface area contributed by atoms with Crippen LogP contribution in [-0.4, -0.2) is 23.2 Å². The molecule has 0 bridgehead atoms. The molecule has 1 aromatic carbocycles. The quantitative estimate of drug-likeness (QED) is 0.848. The molecule has 17 heavy (non-hydrogen) atoms. The summed E-state index contributed by atoms with van der Waals surface area (Å²) in [5, 5.41) is 11.7. The molecule has 0 aliphatic heterocycles. The zero-order valence-corrected chi connectivity index (χ0v) is 9.71. The molecule has 0 spiro atoms. The minimum atomic E-state index is -0.793. The normalized spacial score (nSPS) is 14.2. The summed E-state index contributed by atoms with van der Waals surface area (Å²) in [6, 6.07) is 2.37. The van der Waals surface area contributed by atoms with E-state index in [1.807, 2.05) is 0 Å². The van der Waals surface area contributed by atoms with Gasteiger partial charge >= 0.3 is 0 Å². The lowest BCUT2D eigenvalue weighted by atomic mass is 10.1. The highest BCUT2D eigenvalue weighted by molar-refractivity contribution is 5.94. The van der Waals surface area contributed by atoms with Crippen LogP contribution in [0.2, 0.25) is 0 Å². The molecular weight excluding hydrogens is 228 g/mol. The Balaban J connectivity index is 2.69. The van der Waals surface area contributed by atoms with Crippen LogP contribution in [-0.2, 0) is 0 Å². The number of benzene rings is 1. The van der Waals surface area contributed by atoms with Crippen molar-refractivity contribution in [2.24, 2.45) is 0 Å².